The number of nitrogens with one attached hydrogen (secondary N) is 1. The Balaban J connectivity index is 2.01. The highest BCUT2D eigenvalue weighted by atomic mass is 32.2. The maximum atomic E-state index is 12.4. The fourth-order valence-corrected chi connectivity index (χ4v) is 3.28. The van der Waals surface area contributed by atoms with E-state index in [4.69, 9.17) is 11.5 Å². The van der Waals surface area contributed by atoms with Gasteiger partial charge < -0.3 is 16.8 Å². The molecule has 140 valence electrons. The highest BCUT2D eigenvalue weighted by molar-refractivity contribution is 7.99. The zero-order valence-corrected chi connectivity index (χ0v) is 16.5. The lowest BCUT2D eigenvalue weighted by atomic mass is 9.93. The minimum absolute atomic E-state index is 0.0452. The summed E-state index contributed by atoms with van der Waals surface area (Å²) in [5.74, 6) is 1.48. The number of hydrogen-bond acceptors (Lipinski definition) is 6. The number of carbonyl (C=O) groups excluding carboxylic acids is 1. The Morgan fingerprint density at radius 3 is 2.08 bits per heavy atom. The first kappa shape index (κ1) is 20.0. The van der Waals surface area contributed by atoms with E-state index in [1.807, 2.05) is 0 Å². The molecule has 0 saturated carbocycles. The van der Waals surface area contributed by atoms with Gasteiger partial charge in [0.1, 0.15) is 11.6 Å². The van der Waals surface area contributed by atoms with E-state index in [2.05, 4.69) is 67.2 Å². The Hall–Kier alpha value is -2.28. The number of thioether (sulfide) groups is 1. The molecule has 1 heterocycles. The van der Waals surface area contributed by atoms with Crippen LogP contribution in [0.2, 0.25) is 0 Å². The van der Waals surface area contributed by atoms with Crippen molar-refractivity contribution in [1.82, 2.24) is 15.3 Å². The largest absolute Gasteiger partial charge is 0.383 e. The number of rotatable bonds is 7. The van der Waals surface area contributed by atoms with Crippen LogP contribution in [0.3, 0.4) is 0 Å². The molecule has 0 fully saturated rings. The summed E-state index contributed by atoms with van der Waals surface area (Å²) in [5.41, 5.74) is 13.7. The van der Waals surface area contributed by atoms with Gasteiger partial charge in [-0.2, -0.15) is 0 Å². The van der Waals surface area contributed by atoms with E-state index in [1.54, 1.807) is 0 Å². The van der Waals surface area contributed by atoms with Crippen molar-refractivity contribution in [2.75, 3.05) is 17.2 Å². The molecule has 0 spiro atoms. The molecule has 0 aliphatic carbocycles. The highest BCUT2D eigenvalue weighted by Crippen LogP contribution is 2.24. The number of nitrogen functional groups attached to an aromatic ring is 2. The highest BCUT2D eigenvalue weighted by Gasteiger charge is 2.19. The number of carbonyl (C=O) groups is 1. The molecule has 0 aliphatic heterocycles. The minimum Gasteiger partial charge on any atom is -0.383 e. The van der Waals surface area contributed by atoms with Gasteiger partial charge in [-0.3, -0.25) is 4.79 Å². The van der Waals surface area contributed by atoms with Crippen molar-refractivity contribution < 1.29 is 4.79 Å². The SMILES string of the molecule is CC(C)c1ccc([C@H](NC(=O)CSc2nc(N)cc(N)n2)C(C)C)cc1. The maximum Gasteiger partial charge on any atom is 0.230 e. The average Bonchev–Trinajstić information content (AvgIpc) is 2.57. The summed E-state index contributed by atoms with van der Waals surface area (Å²) in [6.45, 7) is 8.52. The van der Waals surface area contributed by atoms with E-state index >= 15 is 0 Å². The summed E-state index contributed by atoms with van der Waals surface area (Å²) in [4.78, 5) is 20.5. The van der Waals surface area contributed by atoms with Crippen LogP contribution in [0.1, 0.15) is 50.8 Å². The predicted molar refractivity (Wildman–Crippen MR) is 108 cm³/mol. The molecule has 1 aromatic carbocycles. The normalized spacial score (nSPS) is 12.4. The van der Waals surface area contributed by atoms with E-state index in [9.17, 15) is 4.79 Å². The number of nitrogens with two attached hydrogens (primary N) is 2. The van der Waals surface area contributed by atoms with Gasteiger partial charge in [-0.15, -0.1) is 0 Å². The summed E-state index contributed by atoms with van der Waals surface area (Å²) in [6, 6.07) is 9.87. The summed E-state index contributed by atoms with van der Waals surface area (Å²) >= 11 is 1.22. The van der Waals surface area contributed by atoms with Gasteiger partial charge in [-0.25, -0.2) is 9.97 Å². The lowest BCUT2D eigenvalue weighted by Crippen LogP contribution is -2.33. The molecule has 1 atom stereocenters. The Labute approximate surface area is 159 Å². The quantitative estimate of drug-likeness (QED) is 0.507. The number of aromatic nitrogens is 2. The summed E-state index contributed by atoms with van der Waals surface area (Å²) in [7, 11) is 0. The molecule has 1 amide bonds. The van der Waals surface area contributed by atoms with Crippen molar-refractivity contribution in [3.63, 3.8) is 0 Å². The van der Waals surface area contributed by atoms with Crippen LogP contribution >= 0.6 is 11.8 Å². The van der Waals surface area contributed by atoms with E-state index < -0.39 is 0 Å². The second-order valence-electron chi connectivity index (χ2n) is 6.90. The molecule has 5 N–H and O–H groups in total. The molecule has 2 rings (SSSR count). The lowest BCUT2D eigenvalue weighted by molar-refractivity contribution is -0.119. The van der Waals surface area contributed by atoms with Gasteiger partial charge >= 0.3 is 0 Å². The molecule has 1 aromatic heterocycles. The van der Waals surface area contributed by atoms with Gasteiger partial charge in [-0.05, 0) is 23.0 Å². The average molecular weight is 374 g/mol. The van der Waals surface area contributed by atoms with Crippen LogP contribution in [-0.2, 0) is 4.79 Å². The van der Waals surface area contributed by atoms with Crippen molar-refractivity contribution in [1.29, 1.82) is 0 Å². The molecule has 6 nitrogen and oxygen atoms in total. The second-order valence-corrected chi connectivity index (χ2v) is 7.84. The van der Waals surface area contributed by atoms with Crippen LogP contribution in [0.15, 0.2) is 35.5 Å². The van der Waals surface area contributed by atoms with Gasteiger partial charge in [0.15, 0.2) is 5.16 Å². The molecule has 7 heteroatoms. The van der Waals surface area contributed by atoms with Crippen LogP contribution in [0.4, 0.5) is 11.6 Å². The molecular weight excluding hydrogens is 346 g/mol. The Kier molecular flexibility index (Phi) is 6.85. The fourth-order valence-electron chi connectivity index (χ4n) is 2.59. The van der Waals surface area contributed by atoms with E-state index in [1.165, 1.54) is 23.4 Å². The van der Waals surface area contributed by atoms with Crippen molar-refractivity contribution in [3.05, 3.63) is 41.5 Å². The third-order valence-corrected chi connectivity index (χ3v) is 4.87. The first-order valence-electron chi connectivity index (χ1n) is 8.68. The first-order chi connectivity index (χ1) is 12.3. The van der Waals surface area contributed by atoms with E-state index in [0.717, 1.165) is 5.56 Å². The molecule has 0 radical (unpaired) electrons. The van der Waals surface area contributed by atoms with Gasteiger partial charge in [0, 0.05) is 6.07 Å². The van der Waals surface area contributed by atoms with Crippen LogP contribution in [-0.4, -0.2) is 21.6 Å². The first-order valence-corrected chi connectivity index (χ1v) is 9.67. The molecule has 0 saturated heterocycles. The van der Waals surface area contributed by atoms with Crippen LogP contribution in [0.5, 0.6) is 0 Å². The van der Waals surface area contributed by atoms with Gasteiger partial charge in [0.05, 0.1) is 11.8 Å². The number of anilines is 2. The molecule has 0 aliphatic rings. The molecule has 0 bridgehead atoms. The maximum absolute atomic E-state index is 12.4. The van der Waals surface area contributed by atoms with Crippen molar-refractivity contribution >= 4 is 29.3 Å². The number of amides is 1. The number of hydrogen-bond donors (Lipinski definition) is 3. The Morgan fingerprint density at radius 2 is 1.58 bits per heavy atom. The topological polar surface area (TPSA) is 107 Å². The van der Waals surface area contributed by atoms with E-state index in [0.29, 0.717) is 22.7 Å². The Morgan fingerprint density at radius 1 is 1.04 bits per heavy atom. The Bertz CT molecular complexity index is 726. The zero-order chi connectivity index (χ0) is 19.3. The van der Waals surface area contributed by atoms with Gasteiger partial charge in [-0.1, -0.05) is 63.7 Å². The van der Waals surface area contributed by atoms with Crippen molar-refractivity contribution in [2.24, 2.45) is 5.92 Å². The molecule has 2 aromatic rings. The standard InChI is InChI=1S/C19H27N5OS/c1-11(2)13-5-7-14(8-6-13)18(12(3)4)24-17(25)10-26-19-22-15(20)9-16(21)23-19/h5-9,11-12,18H,10H2,1-4H3,(H,24,25)(H4,20,21,22,23)/t18-/m1/s1. The summed E-state index contributed by atoms with van der Waals surface area (Å²) in [5, 5.41) is 3.51. The van der Waals surface area contributed by atoms with E-state index in [-0.39, 0.29) is 23.6 Å². The smallest absolute Gasteiger partial charge is 0.230 e. The number of nitrogens with zero attached hydrogens (tertiary/aromatic N) is 2. The summed E-state index contributed by atoms with van der Waals surface area (Å²) < 4.78 is 0. The number of benzene rings is 1. The van der Waals surface area contributed by atoms with Gasteiger partial charge in [0.2, 0.25) is 5.91 Å². The molecule has 26 heavy (non-hydrogen) atoms. The third-order valence-electron chi connectivity index (χ3n) is 4.02. The van der Waals surface area contributed by atoms with Crippen molar-refractivity contribution in [2.45, 2.75) is 44.8 Å². The van der Waals surface area contributed by atoms with Crippen LogP contribution in [0.25, 0.3) is 0 Å². The summed E-state index contributed by atoms with van der Waals surface area (Å²) in [6.07, 6.45) is 0. The predicted octanol–water partition coefficient (Wildman–Crippen LogP) is 3.37. The fraction of sp³-hybridized carbons (Fsp3) is 0.421. The van der Waals surface area contributed by atoms with Crippen molar-refractivity contribution in [3.8, 4) is 0 Å². The van der Waals surface area contributed by atoms with Crippen LogP contribution < -0.4 is 16.8 Å². The molecule has 0 unspecified atom stereocenters. The third kappa shape index (κ3) is 5.62. The lowest BCUT2D eigenvalue weighted by Gasteiger charge is -2.23. The molecular formula is C19H27N5OS. The van der Waals surface area contributed by atoms with Gasteiger partial charge in [0.25, 0.3) is 0 Å². The zero-order valence-electron chi connectivity index (χ0n) is 15.7. The minimum atomic E-state index is -0.0776. The monoisotopic (exact) mass is 373 g/mol. The van der Waals surface area contributed by atoms with Crippen LogP contribution in [0, 0.1) is 5.92 Å². The second kappa shape index (κ2) is 8.89.